The first-order chi connectivity index (χ1) is 13.3. The first kappa shape index (κ1) is 20.1. The van der Waals surface area contributed by atoms with E-state index in [1.54, 1.807) is 24.3 Å². The number of amides is 2. The lowest BCUT2D eigenvalue weighted by Gasteiger charge is -2.11. The van der Waals surface area contributed by atoms with Crippen molar-refractivity contribution in [1.82, 2.24) is 10.9 Å². The van der Waals surface area contributed by atoms with Crippen molar-refractivity contribution in [3.05, 3.63) is 68.3 Å². The normalized spacial score (nSPS) is 9.89. The molecule has 12 nitrogen and oxygen atoms in total. The van der Waals surface area contributed by atoms with Gasteiger partial charge in [0.25, 0.3) is 23.2 Å². The molecule has 0 atom stereocenters. The molecule has 2 N–H and O–H groups in total. The monoisotopic (exact) mass is 390 g/mol. The van der Waals surface area contributed by atoms with Crippen LogP contribution in [0.25, 0.3) is 0 Å². The molecule has 2 aromatic carbocycles. The van der Waals surface area contributed by atoms with E-state index in [9.17, 15) is 29.8 Å². The fraction of sp³-hybridized carbons (Fsp3) is 0.125. The van der Waals surface area contributed by atoms with E-state index in [0.29, 0.717) is 11.5 Å². The molecule has 0 aromatic heterocycles. The molecule has 0 radical (unpaired) electrons. The highest BCUT2D eigenvalue weighted by atomic mass is 16.6. The zero-order valence-corrected chi connectivity index (χ0v) is 14.4. The van der Waals surface area contributed by atoms with Crippen LogP contribution in [0.4, 0.5) is 11.4 Å². The van der Waals surface area contributed by atoms with Crippen LogP contribution in [0.15, 0.2) is 42.5 Å². The standard InChI is InChI=1S/C16H14N4O8/c1-27-13-4-2-3-5-14(13)28-9-15(21)17-18-16(22)10-6-11(19(23)24)8-12(7-10)20(25)26/h2-8H,9H2,1H3,(H,17,21)(H,18,22). The maximum Gasteiger partial charge on any atom is 0.277 e. The zero-order valence-electron chi connectivity index (χ0n) is 14.4. The van der Waals surface area contributed by atoms with Crippen LogP contribution in [0.1, 0.15) is 10.4 Å². The van der Waals surface area contributed by atoms with Crippen LogP contribution in [0, 0.1) is 20.2 Å². The lowest BCUT2D eigenvalue weighted by Crippen LogP contribution is -2.43. The lowest BCUT2D eigenvalue weighted by atomic mass is 10.1. The van der Waals surface area contributed by atoms with Gasteiger partial charge in [-0.3, -0.25) is 40.7 Å². The fourth-order valence-corrected chi connectivity index (χ4v) is 2.05. The van der Waals surface area contributed by atoms with E-state index in [1.165, 1.54) is 7.11 Å². The number of hydrogen-bond acceptors (Lipinski definition) is 8. The van der Waals surface area contributed by atoms with Gasteiger partial charge in [0.05, 0.1) is 28.6 Å². The van der Waals surface area contributed by atoms with Crippen molar-refractivity contribution < 1.29 is 28.9 Å². The Labute approximate surface area is 157 Å². The average Bonchev–Trinajstić information content (AvgIpc) is 2.70. The molecule has 0 fully saturated rings. The van der Waals surface area contributed by atoms with Crippen molar-refractivity contribution in [3.63, 3.8) is 0 Å². The fourth-order valence-electron chi connectivity index (χ4n) is 2.05. The van der Waals surface area contributed by atoms with E-state index in [4.69, 9.17) is 9.47 Å². The quantitative estimate of drug-likeness (QED) is 0.528. The summed E-state index contributed by atoms with van der Waals surface area (Å²) >= 11 is 0. The summed E-state index contributed by atoms with van der Waals surface area (Å²) in [6, 6.07) is 9.00. The van der Waals surface area contributed by atoms with Crippen molar-refractivity contribution in [1.29, 1.82) is 0 Å². The topological polar surface area (TPSA) is 163 Å². The van der Waals surface area contributed by atoms with Crippen LogP contribution in [-0.2, 0) is 4.79 Å². The van der Waals surface area contributed by atoms with Gasteiger partial charge in [0.1, 0.15) is 0 Å². The van der Waals surface area contributed by atoms with Gasteiger partial charge in [-0.25, -0.2) is 0 Å². The minimum atomic E-state index is -0.975. The Kier molecular flexibility index (Phi) is 6.41. The maximum atomic E-state index is 12.0. The van der Waals surface area contributed by atoms with Crippen molar-refractivity contribution in [3.8, 4) is 11.5 Å². The van der Waals surface area contributed by atoms with Crippen LogP contribution in [-0.4, -0.2) is 35.4 Å². The van der Waals surface area contributed by atoms with E-state index in [-0.39, 0.29) is 5.56 Å². The number of nitrogens with zero attached hydrogens (tertiary/aromatic N) is 2. The molecular weight excluding hydrogens is 376 g/mol. The highest BCUT2D eigenvalue weighted by Crippen LogP contribution is 2.25. The van der Waals surface area contributed by atoms with E-state index in [0.717, 1.165) is 18.2 Å². The number of non-ortho nitro benzene ring substituents is 2. The van der Waals surface area contributed by atoms with E-state index >= 15 is 0 Å². The molecule has 0 aliphatic heterocycles. The van der Waals surface area contributed by atoms with Gasteiger partial charge in [-0.2, -0.15) is 0 Å². The minimum Gasteiger partial charge on any atom is -0.493 e. The summed E-state index contributed by atoms with van der Waals surface area (Å²) in [4.78, 5) is 43.8. The number of para-hydroxylation sites is 2. The Hall–Kier alpha value is -4.22. The van der Waals surface area contributed by atoms with E-state index in [2.05, 4.69) is 0 Å². The number of carbonyl (C=O) groups is 2. The van der Waals surface area contributed by atoms with Crippen molar-refractivity contribution >= 4 is 23.2 Å². The summed E-state index contributed by atoms with van der Waals surface area (Å²) in [6.45, 7) is -0.463. The van der Waals surface area contributed by atoms with Crippen LogP contribution < -0.4 is 20.3 Å². The molecule has 0 heterocycles. The van der Waals surface area contributed by atoms with Crippen LogP contribution in [0.3, 0.4) is 0 Å². The lowest BCUT2D eigenvalue weighted by molar-refractivity contribution is -0.394. The highest BCUT2D eigenvalue weighted by Gasteiger charge is 2.20. The van der Waals surface area contributed by atoms with Gasteiger partial charge in [0, 0.05) is 12.1 Å². The number of nitro benzene ring substituents is 2. The smallest absolute Gasteiger partial charge is 0.277 e. The third kappa shape index (κ3) is 5.14. The first-order valence-electron chi connectivity index (χ1n) is 7.60. The second-order valence-corrected chi connectivity index (χ2v) is 5.19. The number of hydrogen-bond donors (Lipinski definition) is 2. The van der Waals surface area contributed by atoms with Gasteiger partial charge < -0.3 is 9.47 Å². The summed E-state index contributed by atoms with van der Waals surface area (Å²) in [5, 5.41) is 21.7. The summed E-state index contributed by atoms with van der Waals surface area (Å²) < 4.78 is 10.3. The second kappa shape index (κ2) is 8.93. The number of nitro groups is 2. The van der Waals surface area contributed by atoms with Crippen molar-refractivity contribution in [2.24, 2.45) is 0 Å². The van der Waals surface area contributed by atoms with Gasteiger partial charge in [-0.15, -0.1) is 0 Å². The molecule has 0 saturated heterocycles. The number of hydrazine groups is 1. The molecule has 2 amide bonds. The minimum absolute atomic E-state index is 0.306. The number of carbonyl (C=O) groups excluding carboxylic acids is 2. The highest BCUT2D eigenvalue weighted by molar-refractivity contribution is 5.96. The summed E-state index contributed by atoms with van der Waals surface area (Å²) in [7, 11) is 1.43. The van der Waals surface area contributed by atoms with Gasteiger partial charge in [-0.1, -0.05) is 12.1 Å². The molecule has 0 aliphatic rings. The molecule has 0 unspecified atom stereocenters. The molecular formula is C16H14N4O8. The predicted octanol–water partition coefficient (Wildman–Crippen LogP) is 1.35. The molecule has 0 aliphatic carbocycles. The number of benzene rings is 2. The molecule has 146 valence electrons. The average molecular weight is 390 g/mol. The van der Waals surface area contributed by atoms with Gasteiger partial charge in [-0.05, 0) is 12.1 Å². The predicted molar refractivity (Wildman–Crippen MR) is 93.8 cm³/mol. The second-order valence-electron chi connectivity index (χ2n) is 5.19. The van der Waals surface area contributed by atoms with E-state index in [1.807, 2.05) is 10.9 Å². The SMILES string of the molecule is COc1ccccc1OCC(=O)NNC(=O)c1cc([N+](=O)[O-])cc([N+](=O)[O-])c1. The van der Waals surface area contributed by atoms with Crippen LogP contribution in [0.2, 0.25) is 0 Å². The Balaban J connectivity index is 1.98. The Morgan fingerprint density at radius 2 is 1.54 bits per heavy atom. The molecule has 2 rings (SSSR count). The van der Waals surface area contributed by atoms with Gasteiger partial charge >= 0.3 is 0 Å². The van der Waals surface area contributed by atoms with Crippen molar-refractivity contribution in [2.75, 3.05) is 13.7 Å². The molecule has 0 bridgehead atoms. The number of nitrogens with one attached hydrogen (secondary N) is 2. The molecule has 0 saturated carbocycles. The number of methoxy groups -OCH3 is 1. The third-order valence-corrected chi connectivity index (χ3v) is 3.33. The largest absolute Gasteiger partial charge is 0.493 e. The molecule has 12 heteroatoms. The van der Waals surface area contributed by atoms with E-state index < -0.39 is 39.6 Å². The zero-order chi connectivity index (χ0) is 20.7. The van der Waals surface area contributed by atoms with Crippen LogP contribution in [0.5, 0.6) is 11.5 Å². The third-order valence-electron chi connectivity index (χ3n) is 3.33. The van der Waals surface area contributed by atoms with Gasteiger partial charge in [0.15, 0.2) is 18.1 Å². The number of ether oxygens (including phenoxy) is 2. The van der Waals surface area contributed by atoms with Crippen LogP contribution >= 0.6 is 0 Å². The first-order valence-corrected chi connectivity index (χ1v) is 7.60. The molecule has 2 aromatic rings. The summed E-state index contributed by atoms with van der Waals surface area (Å²) in [6.07, 6.45) is 0. The Morgan fingerprint density at radius 1 is 0.964 bits per heavy atom. The maximum absolute atomic E-state index is 12.0. The molecule has 28 heavy (non-hydrogen) atoms. The van der Waals surface area contributed by atoms with Crippen molar-refractivity contribution in [2.45, 2.75) is 0 Å². The Morgan fingerprint density at radius 3 is 2.07 bits per heavy atom. The Bertz CT molecular complexity index is 898. The number of rotatable bonds is 7. The van der Waals surface area contributed by atoms with Gasteiger partial charge in [0.2, 0.25) is 0 Å². The summed E-state index contributed by atoms with van der Waals surface area (Å²) in [5.41, 5.74) is 2.41. The molecule has 0 spiro atoms. The summed E-state index contributed by atoms with van der Waals surface area (Å²) in [5.74, 6) is -0.999.